The highest BCUT2D eigenvalue weighted by Gasteiger charge is 2.30. The van der Waals surface area contributed by atoms with Gasteiger partial charge < -0.3 is 20.5 Å². The van der Waals surface area contributed by atoms with Crippen molar-refractivity contribution in [3.05, 3.63) is 59.7 Å². The van der Waals surface area contributed by atoms with E-state index in [4.69, 9.17) is 9.84 Å². The minimum Gasteiger partial charge on any atom is -0.481 e. The Kier molecular flexibility index (Phi) is 8.90. The maximum absolute atomic E-state index is 12.8. The van der Waals surface area contributed by atoms with Gasteiger partial charge in [-0.15, -0.1) is 0 Å². The number of rotatable bonds is 11. The summed E-state index contributed by atoms with van der Waals surface area (Å²) in [5.74, 6) is -1.67. The zero-order chi connectivity index (χ0) is 25.5. The molecule has 0 radical (unpaired) electrons. The predicted octanol–water partition coefficient (Wildman–Crippen LogP) is 4.95. The van der Waals surface area contributed by atoms with Crippen LogP contribution in [0.4, 0.5) is 4.79 Å². The van der Waals surface area contributed by atoms with Gasteiger partial charge >= 0.3 is 12.1 Å². The Morgan fingerprint density at radius 2 is 1.46 bits per heavy atom. The molecule has 7 heteroatoms. The van der Waals surface area contributed by atoms with Crippen LogP contribution in [-0.2, 0) is 14.3 Å². The highest BCUT2D eigenvalue weighted by molar-refractivity contribution is 5.86. The summed E-state index contributed by atoms with van der Waals surface area (Å²) in [5, 5.41) is 14.7. The lowest BCUT2D eigenvalue weighted by molar-refractivity contribution is -0.141. The molecule has 0 heterocycles. The fraction of sp³-hybridized carbons (Fsp3) is 0.464. The lowest BCUT2D eigenvalue weighted by atomic mass is 9.98. The quantitative estimate of drug-likeness (QED) is 0.422. The molecule has 35 heavy (non-hydrogen) atoms. The second-order valence-corrected chi connectivity index (χ2v) is 9.77. The van der Waals surface area contributed by atoms with Crippen LogP contribution in [-0.4, -0.2) is 41.8 Å². The number of nitrogens with one attached hydrogen (secondary N) is 2. The highest BCUT2D eigenvalue weighted by atomic mass is 16.5. The Morgan fingerprint density at radius 1 is 0.886 bits per heavy atom. The molecule has 2 unspecified atom stereocenters. The molecule has 3 atom stereocenters. The summed E-state index contributed by atoms with van der Waals surface area (Å²) >= 11 is 0. The van der Waals surface area contributed by atoms with Gasteiger partial charge in [0.2, 0.25) is 5.91 Å². The number of amides is 2. The normalized spacial score (nSPS) is 15.0. The number of hydrogen-bond donors (Lipinski definition) is 3. The smallest absolute Gasteiger partial charge is 0.407 e. The molecule has 0 fully saturated rings. The van der Waals surface area contributed by atoms with Gasteiger partial charge in [0.1, 0.15) is 12.6 Å². The standard InChI is InChI=1S/C28H36N2O5/c1-17(2)25(26(31)29-19(4)11-9-10-18(3)27(32)33)30-28(34)35-16-24-22-14-7-5-12-20(22)21-13-6-8-15-23(21)24/h5-8,12-15,17-19,24-25H,9-11,16H2,1-4H3,(H,29,31)(H,30,34)(H,32,33)/t18?,19?,25-/m0/s1. The van der Waals surface area contributed by atoms with Crippen molar-refractivity contribution < 1.29 is 24.2 Å². The maximum atomic E-state index is 12.8. The Bertz CT molecular complexity index is 1010. The largest absolute Gasteiger partial charge is 0.481 e. The second-order valence-electron chi connectivity index (χ2n) is 9.77. The van der Waals surface area contributed by atoms with E-state index >= 15 is 0 Å². The van der Waals surface area contributed by atoms with Crippen molar-refractivity contribution in [1.82, 2.24) is 10.6 Å². The molecule has 0 aliphatic heterocycles. The van der Waals surface area contributed by atoms with E-state index in [-0.39, 0.29) is 30.4 Å². The van der Waals surface area contributed by atoms with Gasteiger partial charge in [-0.05, 0) is 47.9 Å². The molecule has 2 aromatic carbocycles. The fourth-order valence-corrected chi connectivity index (χ4v) is 4.56. The predicted molar refractivity (Wildman–Crippen MR) is 135 cm³/mol. The van der Waals surface area contributed by atoms with Gasteiger partial charge in [0.15, 0.2) is 0 Å². The molecule has 7 nitrogen and oxygen atoms in total. The summed E-state index contributed by atoms with van der Waals surface area (Å²) in [5.41, 5.74) is 4.57. The summed E-state index contributed by atoms with van der Waals surface area (Å²) in [7, 11) is 0. The van der Waals surface area contributed by atoms with E-state index in [0.717, 1.165) is 22.3 Å². The summed E-state index contributed by atoms with van der Waals surface area (Å²) < 4.78 is 5.60. The molecule has 3 rings (SSSR count). The highest BCUT2D eigenvalue weighted by Crippen LogP contribution is 2.44. The van der Waals surface area contributed by atoms with Crippen LogP contribution < -0.4 is 10.6 Å². The zero-order valence-corrected chi connectivity index (χ0v) is 20.9. The molecule has 0 aromatic heterocycles. The van der Waals surface area contributed by atoms with Gasteiger partial charge in [0.05, 0.1) is 5.92 Å². The summed E-state index contributed by atoms with van der Waals surface area (Å²) in [6, 6.07) is 15.4. The van der Waals surface area contributed by atoms with E-state index in [2.05, 4.69) is 34.9 Å². The number of aliphatic carboxylic acids is 1. The lowest BCUT2D eigenvalue weighted by Gasteiger charge is -2.24. The first-order valence-corrected chi connectivity index (χ1v) is 12.3. The summed E-state index contributed by atoms with van der Waals surface area (Å²) in [6.45, 7) is 7.48. The van der Waals surface area contributed by atoms with E-state index in [0.29, 0.717) is 19.3 Å². The van der Waals surface area contributed by atoms with E-state index in [9.17, 15) is 14.4 Å². The minimum atomic E-state index is -0.811. The monoisotopic (exact) mass is 480 g/mol. The third kappa shape index (κ3) is 6.62. The van der Waals surface area contributed by atoms with Crippen molar-refractivity contribution in [2.24, 2.45) is 11.8 Å². The van der Waals surface area contributed by atoms with Gasteiger partial charge in [-0.25, -0.2) is 4.79 Å². The minimum absolute atomic E-state index is 0.0484. The Morgan fingerprint density at radius 3 is 2.00 bits per heavy atom. The van der Waals surface area contributed by atoms with E-state index < -0.39 is 24.0 Å². The first-order chi connectivity index (χ1) is 16.7. The summed E-state index contributed by atoms with van der Waals surface area (Å²) in [4.78, 5) is 36.5. The van der Waals surface area contributed by atoms with Crippen molar-refractivity contribution in [3.63, 3.8) is 0 Å². The number of fused-ring (bicyclic) bond motifs is 3. The van der Waals surface area contributed by atoms with Gasteiger partial charge in [-0.2, -0.15) is 0 Å². The lowest BCUT2D eigenvalue weighted by Crippen LogP contribution is -2.51. The number of carboxylic acids is 1. The van der Waals surface area contributed by atoms with Crippen LogP contribution in [0.5, 0.6) is 0 Å². The van der Waals surface area contributed by atoms with E-state index in [1.165, 1.54) is 0 Å². The first-order valence-electron chi connectivity index (χ1n) is 12.3. The third-order valence-corrected chi connectivity index (χ3v) is 6.65. The topological polar surface area (TPSA) is 105 Å². The van der Waals surface area contributed by atoms with Crippen LogP contribution in [0.25, 0.3) is 11.1 Å². The molecule has 0 bridgehead atoms. The van der Waals surface area contributed by atoms with E-state index in [1.807, 2.05) is 45.0 Å². The summed E-state index contributed by atoms with van der Waals surface area (Å²) in [6.07, 6.45) is 1.30. The Balaban J connectivity index is 1.54. The van der Waals surface area contributed by atoms with Crippen molar-refractivity contribution in [2.75, 3.05) is 6.61 Å². The Labute approximate surface area is 207 Å². The molecule has 2 aromatic rings. The average molecular weight is 481 g/mol. The van der Waals surface area contributed by atoms with Gasteiger partial charge in [-0.3, -0.25) is 9.59 Å². The molecule has 1 aliphatic rings. The van der Waals surface area contributed by atoms with Crippen molar-refractivity contribution in [2.45, 2.75) is 65.0 Å². The van der Waals surface area contributed by atoms with E-state index in [1.54, 1.807) is 6.92 Å². The molecule has 2 amide bonds. The molecule has 0 spiro atoms. The van der Waals surface area contributed by atoms with Crippen LogP contribution in [0, 0.1) is 11.8 Å². The van der Waals surface area contributed by atoms with Crippen LogP contribution >= 0.6 is 0 Å². The number of ether oxygens (including phenoxy) is 1. The Hall–Kier alpha value is -3.35. The van der Waals surface area contributed by atoms with Crippen LogP contribution in [0.15, 0.2) is 48.5 Å². The maximum Gasteiger partial charge on any atom is 0.407 e. The third-order valence-electron chi connectivity index (χ3n) is 6.65. The molecular formula is C28H36N2O5. The van der Waals surface area contributed by atoms with Gasteiger partial charge in [0, 0.05) is 12.0 Å². The van der Waals surface area contributed by atoms with Crippen molar-refractivity contribution in [3.8, 4) is 11.1 Å². The number of carboxylic acid groups (broad SMARTS) is 1. The molecular weight excluding hydrogens is 444 g/mol. The molecule has 0 saturated carbocycles. The van der Waals surface area contributed by atoms with Crippen molar-refractivity contribution in [1.29, 1.82) is 0 Å². The number of benzene rings is 2. The number of alkyl carbamates (subject to hydrolysis) is 1. The van der Waals surface area contributed by atoms with Crippen LogP contribution in [0.1, 0.15) is 64.0 Å². The first kappa shape index (κ1) is 26.3. The molecule has 0 saturated heterocycles. The number of carbonyl (C=O) groups is 3. The van der Waals surface area contributed by atoms with Crippen LogP contribution in [0.3, 0.4) is 0 Å². The molecule has 1 aliphatic carbocycles. The number of carbonyl (C=O) groups excluding carboxylic acids is 2. The average Bonchev–Trinajstić information content (AvgIpc) is 3.14. The zero-order valence-electron chi connectivity index (χ0n) is 20.9. The van der Waals surface area contributed by atoms with Crippen molar-refractivity contribution >= 4 is 18.0 Å². The second kappa shape index (κ2) is 11.9. The molecule has 3 N–H and O–H groups in total. The fourth-order valence-electron chi connectivity index (χ4n) is 4.56. The molecule has 188 valence electrons. The van der Waals surface area contributed by atoms with Gasteiger partial charge in [0.25, 0.3) is 0 Å². The SMILES string of the molecule is CC(CCCC(C)C(=O)O)NC(=O)[C@@H](NC(=O)OCC1c2ccccc2-c2ccccc21)C(C)C. The number of hydrogen-bond acceptors (Lipinski definition) is 4. The van der Waals surface area contributed by atoms with Crippen LogP contribution in [0.2, 0.25) is 0 Å². The van der Waals surface area contributed by atoms with Gasteiger partial charge in [-0.1, -0.05) is 75.7 Å².